The molecular formula is C26H29N5O5. The zero-order valence-electron chi connectivity index (χ0n) is 20.2. The van der Waals surface area contributed by atoms with Crippen LogP contribution in [0.3, 0.4) is 0 Å². The zero-order chi connectivity index (χ0) is 25.1. The molecule has 0 aliphatic carbocycles. The van der Waals surface area contributed by atoms with Gasteiger partial charge in [-0.05, 0) is 43.3 Å². The maximum absolute atomic E-state index is 13.5. The van der Waals surface area contributed by atoms with Gasteiger partial charge in [-0.3, -0.25) is 24.0 Å². The molecule has 0 bridgehead atoms. The van der Waals surface area contributed by atoms with E-state index in [4.69, 9.17) is 14.5 Å². The van der Waals surface area contributed by atoms with Gasteiger partial charge < -0.3 is 14.8 Å². The molecule has 3 aromatic rings. The molecule has 1 atom stereocenters. The van der Waals surface area contributed by atoms with Gasteiger partial charge in [-0.15, -0.1) is 0 Å². The van der Waals surface area contributed by atoms with Crippen LogP contribution in [0.25, 0.3) is 11.0 Å². The molecule has 2 aliphatic rings. The zero-order valence-corrected chi connectivity index (χ0v) is 20.2. The van der Waals surface area contributed by atoms with Crippen molar-refractivity contribution in [1.29, 1.82) is 0 Å². The number of para-hydroxylation sites is 2. The van der Waals surface area contributed by atoms with Crippen molar-refractivity contribution in [2.45, 2.75) is 19.4 Å². The van der Waals surface area contributed by atoms with Gasteiger partial charge >= 0.3 is 5.97 Å². The first kappa shape index (κ1) is 24.0. The van der Waals surface area contributed by atoms with Crippen LogP contribution in [0.5, 0.6) is 0 Å². The van der Waals surface area contributed by atoms with E-state index in [0.717, 1.165) is 24.1 Å². The van der Waals surface area contributed by atoms with E-state index >= 15 is 0 Å². The Morgan fingerprint density at radius 3 is 2.58 bits per heavy atom. The molecule has 36 heavy (non-hydrogen) atoms. The number of fused-ring (bicyclic) bond motifs is 3. The predicted octanol–water partition coefficient (Wildman–Crippen LogP) is 2.46. The summed E-state index contributed by atoms with van der Waals surface area (Å²) >= 11 is 0. The number of esters is 1. The highest BCUT2D eigenvalue weighted by Gasteiger charge is 2.40. The number of hydrogen-bond donors (Lipinski definition) is 1. The Morgan fingerprint density at radius 1 is 1.08 bits per heavy atom. The summed E-state index contributed by atoms with van der Waals surface area (Å²) in [5, 5.41) is 2.84. The van der Waals surface area contributed by atoms with Crippen LogP contribution in [0, 0.1) is 0 Å². The topological polar surface area (TPSA) is 106 Å². The first-order valence-corrected chi connectivity index (χ1v) is 12.2. The van der Waals surface area contributed by atoms with E-state index < -0.39 is 12.0 Å². The lowest BCUT2D eigenvalue weighted by atomic mass is 10.1. The summed E-state index contributed by atoms with van der Waals surface area (Å²) in [4.78, 5) is 47.0. The minimum atomic E-state index is -0.684. The van der Waals surface area contributed by atoms with Gasteiger partial charge in [-0.2, -0.15) is 0 Å². The second kappa shape index (κ2) is 10.5. The van der Waals surface area contributed by atoms with E-state index in [1.807, 2.05) is 28.8 Å². The molecule has 10 heteroatoms. The van der Waals surface area contributed by atoms with Crippen LogP contribution in [0.2, 0.25) is 0 Å². The van der Waals surface area contributed by atoms with Crippen LogP contribution >= 0.6 is 0 Å². The third-order valence-electron chi connectivity index (χ3n) is 6.48. The van der Waals surface area contributed by atoms with E-state index in [1.54, 1.807) is 36.1 Å². The number of aromatic nitrogens is 2. The van der Waals surface area contributed by atoms with E-state index in [-0.39, 0.29) is 18.2 Å². The average Bonchev–Trinajstić information content (AvgIpc) is 3.38. The molecule has 0 spiro atoms. The third-order valence-corrected chi connectivity index (χ3v) is 6.48. The SMILES string of the molecule is CCOC(=O)c1ccc(NC(=O)C[C@H]2C(=O)N(CCN3CCOCC3)c3nc4ccccc4n32)cc1. The predicted molar refractivity (Wildman–Crippen MR) is 134 cm³/mol. The molecule has 0 unspecified atom stereocenters. The molecule has 0 radical (unpaired) electrons. The van der Waals surface area contributed by atoms with Gasteiger partial charge in [0.2, 0.25) is 11.9 Å². The number of imidazole rings is 1. The normalized spacial score (nSPS) is 17.9. The summed E-state index contributed by atoms with van der Waals surface area (Å²) in [6, 6.07) is 13.5. The van der Waals surface area contributed by atoms with Crippen molar-refractivity contribution in [2.24, 2.45) is 0 Å². The molecule has 5 rings (SSSR count). The number of ether oxygens (including phenoxy) is 2. The highest BCUT2D eigenvalue weighted by Crippen LogP contribution is 2.36. The van der Waals surface area contributed by atoms with Crippen LogP contribution in [0.4, 0.5) is 11.6 Å². The number of rotatable bonds is 8. The van der Waals surface area contributed by atoms with Crippen LogP contribution in [-0.2, 0) is 19.1 Å². The lowest BCUT2D eigenvalue weighted by molar-refractivity contribution is -0.124. The van der Waals surface area contributed by atoms with Gasteiger partial charge in [0.25, 0.3) is 5.91 Å². The van der Waals surface area contributed by atoms with E-state index in [1.165, 1.54) is 0 Å². The Kier molecular flexibility index (Phi) is 6.97. The number of hydrogen-bond acceptors (Lipinski definition) is 7. The molecule has 2 amide bonds. The number of morpholine rings is 1. The molecule has 2 aliphatic heterocycles. The third kappa shape index (κ3) is 4.82. The molecule has 10 nitrogen and oxygen atoms in total. The molecular weight excluding hydrogens is 462 g/mol. The fourth-order valence-corrected chi connectivity index (χ4v) is 4.67. The smallest absolute Gasteiger partial charge is 0.338 e. The van der Waals surface area contributed by atoms with Crippen molar-refractivity contribution in [1.82, 2.24) is 14.5 Å². The number of nitrogens with zero attached hydrogens (tertiary/aromatic N) is 4. The van der Waals surface area contributed by atoms with Gasteiger partial charge in [0, 0.05) is 31.9 Å². The number of carbonyl (C=O) groups is 3. The lowest BCUT2D eigenvalue weighted by Gasteiger charge is -2.28. The monoisotopic (exact) mass is 491 g/mol. The fraction of sp³-hybridized carbons (Fsp3) is 0.385. The Morgan fingerprint density at radius 2 is 1.83 bits per heavy atom. The maximum atomic E-state index is 13.5. The molecule has 1 N–H and O–H groups in total. The first-order chi connectivity index (χ1) is 17.5. The fourth-order valence-electron chi connectivity index (χ4n) is 4.67. The van der Waals surface area contributed by atoms with Crippen molar-refractivity contribution in [3.8, 4) is 0 Å². The average molecular weight is 492 g/mol. The van der Waals surface area contributed by atoms with Crippen molar-refractivity contribution in [3.05, 3.63) is 54.1 Å². The number of amides is 2. The Bertz CT molecular complexity index is 1270. The Balaban J connectivity index is 1.32. The summed E-state index contributed by atoms with van der Waals surface area (Å²) < 4.78 is 12.3. The quantitative estimate of drug-likeness (QED) is 0.483. The van der Waals surface area contributed by atoms with Gasteiger partial charge in [0.05, 0.1) is 42.8 Å². The number of anilines is 2. The summed E-state index contributed by atoms with van der Waals surface area (Å²) in [5.74, 6) is -0.269. The van der Waals surface area contributed by atoms with E-state index in [9.17, 15) is 14.4 Å². The standard InChI is InChI=1S/C26H29N5O5/c1-2-36-25(34)18-7-9-19(10-8-18)27-23(32)17-22-24(33)30(12-11-29-13-15-35-16-14-29)26-28-20-5-3-4-6-21(20)31(22)26/h3-10,22H,2,11-17H2,1H3,(H,27,32)/t22-/m0/s1. The molecule has 1 saturated heterocycles. The van der Waals surface area contributed by atoms with E-state index in [0.29, 0.717) is 50.1 Å². The van der Waals surface area contributed by atoms with Gasteiger partial charge in [0.1, 0.15) is 6.04 Å². The second-order valence-electron chi connectivity index (χ2n) is 8.78. The number of benzene rings is 2. The van der Waals surface area contributed by atoms with E-state index in [2.05, 4.69) is 10.2 Å². The summed E-state index contributed by atoms with van der Waals surface area (Å²) in [6.45, 7) is 6.29. The molecule has 3 heterocycles. The molecule has 1 aromatic heterocycles. The number of carbonyl (C=O) groups excluding carboxylic acids is 3. The summed E-state index contributed by atoms with van der Waals surface area (Å²) in [7, 11) is 0. The minimum absolute atomic E-state index is 0.0279. The van der Waals surface area contributed by atoms with Crippen LogP contribution < -0.4 is 10.2 Å². The summed E-state index contributed by atoms with van der Waals surface area (Å²) in [6.07, 6.45) is -0.0279. The molecule has 188 valence electrons. The van der Waals surface area contributed by atoms with Crippen LogP contribution in [0.15, 0.2) is 48.5 Å². The molecule has 0 saturated carbocycles. The minimum Gasteiger partial charge on any atom is -0.462 e. The highest BCUT2D eigenvalue weighted by atomic mass is 16.5. The van der Waals surface area contributed by atoms with Crippen LogP contribution in [0.1, 0.15) is 29.7 Å². The van der Waals surface area contributed by atoms with Crippen molar-refractivity contribution >= 4 is 40.5 Å². The summed E-state index contributed by atoms with van der Waals surface area (Å²) in [5.41, 5.74) is 2.56. The maximum Gasteiger partial charge on any atom is 0.338 e. The number of nitrogens with one attached hydrogen (secondary N) is 1. The molecule has 2 aromatic carbocycles. The van der Waals surface area contributed by atoms with Gasteiger partial charge in [-0.25, -0.2) is 9.78 Å². The van der Waals surface area contributed by atoms with Gasteiger partial charge in [0.15, 0.2) is 0 Å². The Hall–Kier alpha value is -3.76. The van der Waals surface area contributed by atoms with Crippen LogP contribution in [-0.4, -0.2) is 78.2 Å². The first-order valence-electron chi connectivity index (χ1n) is 12.2. The van der Waals surface area contributed by atoms with Crippen molar-refractivity contribution < 1.29 is 23.9 Å². The van der Waals surface area contributed by atoms with Crippen molar-refractivity contribution in [2.75, 3.05) is 56.2 Å². The van der Waals surface area contributed by atoms with Crippen molar-refractivity contribution in [3.63, 3.8) is 0 Å². The largest absolute Gasteiger partial charge is 0.462 e. The Labute approximate surface area is 208 Å². The second-order valence-corrected chi connectivity index (χ2v) is 8.78. The highest BCUT2D eigenvalue weighted by molar-refractivity contribution is 6.05. The van der Waals surface area contributed by atoms with Gasteiger partial charge in [-0.1, -0.05) is 12.1 Å². The lowest BCUT2D eigenvalue weighted by Crippen LogP contribution is -2.42. The molecule has 1 fully saturated rings.